The van der Waals surface area contributed by atoms with Gasteiger partial charge in [-0.15, -0.1) is 0 Å². The van der Waals surface area contributed by atoms with Crippen LogP contribution in [0.3, 0.4) is 0 Å². The van der Waals surface area contributed by atoms with Gasteiger partial charge >= 0.3 is 6.18 Å². The van der Waals surface area contributed by atoms with E-state index in [-0.39, 0.29) is 17.2 Å². The van der Waals surface area contributed by atoms with Crippen LogP contribution >= 0.6 is 0 Å². The molecule has 2 N–H and O–H groups in total. The van der Waals surface area contributed by atoms with Gasteiger partial charge in [0.25, 0.3) is 0 Å². The highest BCUT2D eigenvalue weighted by atomic mass is 19.4. The quantitative estimate of drug-likeness (QED) is 0.459. The lowest BCUT2D eigenvalue weighted by molar-refractivity contribution is -0.137. The van der Waals surface area contributed by atoms with Crippen LogP contribution in [0.25, 0.3) is 22.5 Å². The van der Waals surface area contributed by atoms with Crippen LogP contribution in [0.5, 0.6) is 0 Å². The van der Waals surface area contributed by atoms with E-state index in [1.54, 1.807) is 13.0 Å². The first-order valence-corrected chi connectivity index (χ1v) is 9.25. The van der Waals surface area contributed by atoms with Crippen LogP contribution in [-0.2, 0) is 12.7 Å². The fraction of sp³-hybridized carbons (Fsp3) is 0.136. The van der Waals surface area contributed by atoms with Crippen molar-refractivity contribution in [1.29, 1.82) is 0 Å². The molecule has 8 heteroatoms. The van der Waals surface area contributed by atoms with Crippen molar-refractivity contribution in [2.45, 2.75) is 19.6 Å². The number of aryl methyl sites for hydroxylation is 1. The van der Waals surface area contributed by atoms with Gasteiger partial charge in [-0.05, 0) is 30.2 Å². The first-order valence-electron chi connectivity index (χ1n) is 9.25. The van der Waals surface area contributed by atoms with E-state index in [9.17, 15) is 13.2 Å². The van der Waals surface area contributed by atoms with Crippen LogP contribution in [0.15, 0.2) is 66.9 Å². The number of hydrogen-bond donors (Lipinski definition) is 2. The molecule has 4 rings (SSSR count). The van der Waals surface area contributed by atoms with Crippen molar-refractivity contribution in [1.82, 2.24) is 20.2 Å². The first kappa shape index (κ1) is 19.6. The van der Waals surface area contributed by atoms with E-state index in [0.29, 0.717) is 12.1 Å². The van der Waals surface area contributed by atoms with E-state index in [2.05, 4.69) is 25.5 Å². The lowest BCUT2D eigenvalue weighted by Crippen LogP contribution is -2.09. The number of alkyl halides is 3. The SMILES string of the molecule is Cc1cnc(NCc2cc(-c3ccccc3)[nH]n2)nc1-c1ccccc1C(F)(F)F. The highest BCUT2D eigenvalue weighted by molar-refractivity contribution is 5.68. The maximum Gasteiger partial charge on any atom is 0.417 e. The molecule has 0 aliphatic carbocycles. The molecule has 0 aliphatic rings. The van der Waals surface area contributed by atoms with Crippen molar-refractivity contribution in [3.63, 3.8) is 0 Å². The Hall–Kier alpha value is -3.68. The van der Waals surface area contributed by atoms with Crippen molar-refractivity contribution in [3.8, 4) is 22.5 Å². The van der Waals surface area contributed by atoms with E-state index in [0.717, 1.165) is 23.0 Å². The fourth-order valence-corrected chi connectivity index (χ4v) is 3.13. The molecule has 0 radical (unpaired) electrons. The number of H-pyrrole nitrogens is 1. The number of hydrogen-bond acceptors (Lipinski definition) is 4. The molecule has 0 saturated heterocycles. The second kappa shape index (κ2) is 7.98. The molecular formula is C22H18F3N5. The molecule has 0 amide bonds. The van der Waals surface area contributed by atoms with Crippen molar-refractivity contribution in [2.75, 3.05) is 5.32 Å². The van der Waals surface area contributed by atoms with Gasteiger partial charge < -0.3 is 5.32 Å². The van der Waals surface area contributed by atoms with Crippen LogP contribution < -0.4 is 5.32 Å². The summed E-state index contributed by atoms with van der Waals surface area (Å²) in [7, 11) is 0. The van der Waals surface area contributed by atoms with Crippen molar-refractivity contribution in [3.05, 3.63) is 83.7 Å². The molecule has 0 spiro atoms. The number of nitrogens with zero attached hydrogens (tertiary/aromatic N) is 3. The average Bonchev–Trinajstić information content (AvgIpc) is 3.22. The summed E-state index contributed by atoms with van der Waals surface area (Å²) >= 11 is 0. The minimum atomic E-state index is -4.47. The fourth-order valence-electron chi connectivity index (χ4n) is 3.13. The normalized spacial score (nSPS) is 11.5. The zero-order valence-electron chi connectivity index (χ0n) is 16.0. The van der Waals surface area contributed by atoms with E-state index in [1.165, 1.54) is 18.3 Å². The summed E-state index contributed by atoms with van der Waals surface area (Å²) in [6, 6.07) is 17.1. The zero-order chi connectivity index (χ0) is 21.1. The van der Waals surface area contributed by atoms with Gasteiger partial charge in [0.1, 0.15) is 0 Å². The molecule has 0 bridgehead atoms. The van der Waals surface area contributed by atoms with Crippen LogP contribution in [0.4, 0.5) is 19.1 Å². The molecule has 152 valence electrons. The molecule has 2 aromatic carbocycles. The molecule has 0 fully saturated rings. The van der Waals surface area contributed by atoms with Crippen molar-refractivity contribution >= 4 is 5.95 Å². The number of aromatic nitrogens is 4. The Balaban J connectivity index is 1.56. The number of halogens is 3. The molecule has 0 unspecified atom stereocenters. The summed E-state index contributed by atoms with van der Waals surface area (Å²) in [5, 5.41) is 10.3. The van der Waals surface area contributed by atoms with E-state index in [4.69, 9.17) is 0 Å². The lowest BCUT2D eigenvalue weighted by atomic mass is 10.0. The van der Waals surface area contributed by atoms with Gasteiger partial charge in [0, 0.05) is 11.8 Å². The number of benzene rings is 2. The van der Waals surface area contributed by atoms with Gasteiger partial charge in [0.05, 0.1) is 29.2 Å². The number of aromatic amines is 1. The third-order valence-corrected chi connectivity index (χ3v) is 4.60. The Morgan fingerprint density at radius 3 is 2.50 bits per heavy atom. The van der Waals surface area contributed by atoms with Crippen LogP contribution in [0.1, 0.15) is 16.8 Å². The molecule has 0 aliphatic heterocycles. The highest BCUT2D eigenvalue weighted by Gasteiger charge is 2.34. The summed E-state index contributed by atoms with van der Waals surface area (Å²) < 4.78 is 40.2. The van der Waals surface area contributed by atoms with Gasteiger partial charge in [0.15, 0.2) is 0 Å². The van der Waals surface area contributed by atoms with Crippen LogP contribution in [-0.4, -0.2) is 20.2 Å². The Bertz CT molecular complexity index is 1150. The largest absolute Gasteiger partial charge is 0.417 e. The molecule has 0 saturated carbocycles. The number of rotatable bonds is 5. The second-order valence-corrected chi connectivity index (χ2v) is 6.76. The number of nitrogens with one attached hydrogen (secondary N) is 2. The first-order chi connectivity index (χ1) is 14.4. The minimum Gasteiger partial charge on any atom is -0.348 e. The Morgan fingerprint density at radius 1 is 1.00 bits per heavy atom. The van der Waals surface area contributed by atoms with Crippen LogP contribution in [0, 0.1) is 6.92 Å². The number of anilines is 1. The molecule has 2 aromatic heterocycles. The molecule has 5 nitrogen and oxygen atoms in total. The molecule has 4 aromatic rings. The summed E-state index contributed by atoms with van der Waals surface area (Å²) in [5.74, 6) is 0.233. The molecule has 2 heterocycles. The predicted molar refractivity (Wildman–Crippen MR) is 109 cm³/mol. The lowest BCUT2D eigenvalue weighted by Gasteiger charge is -2.14. The summed E-state index contributed by atoms with van der Waals surface area (Å²) in [4.78, 5) is 8.53. The van der Waals surface area contributed by atoms with E-state index in [1.807, 2.05) is 36.4 Å². The molecule has 30 heavy (non-hydrogen) atoms. The van der Waals surface area contributed by atoms with E-state index >= 15 is 0 Å². The summed E-state index contributed by atoms with van der Waals surface area (Å²) in [6.45, 7) is 2.01. The third-order valence-electron chi connectivity index (χ3n) is 4.60. The van der Waals surface area contributed by atoms with Crippen LogP contribution in [0.2, 0.25) is 0 Å². The van der Waals surface area contributed by atoms with Crippen molar-refractivity contribution < 1.29 is 13.2 Å². The Morgan fingerprint density at radius 2 is 1.73 bits per heavy atom. The topological polar surface area (TPSA) is 66.5 Å². The standard InChI is InChI=1S/C22H18F3N5/c1-14-12-26-21(28-20(14)17-9-5-6-10-18(17)22(23,24)25)27-13-16-11-19(30-29-16)15-7-3-2-4-8-15/h2-12H,13H2,1H3,(H,29,30)(H,26,27,28). The molecular weight excluding hydrogens is 391 g/mol. The average molecular weight is 409 g/mol. The van der Waals surface area contributed by atoms with Gasteiger partial charge in [-0.25, -0.2) is 9.97 Å². The smallest absolute Gasteiger partial charge is 0.348 e. The van der Waals surface area contributed by atoms with Gasteiger partial charge in [0.2, 0.25) is 5.95 Å². The van der Waals surface area contributed by atoms with Gasteiger partial charge in [-0.2, -0.15) is 18.3 Å². The molecule has 0 atom stereocenters. The zero-order valence-corrected chi connectivity index (χ0v) is 16.0. The maximum atomic E-state index is 13.4. The van der Waals surface area contributed by atoms with Gasteiger partial charge in [-0.3, -0.25) is 5.10 Å². The van der Waals surface area contributed by atoms with Gasteiger partial charge in [-0.1, -0.05) is 48.5 Å². The third kappa shape index (κ3) is 4.17. The maximum absolute atomic E-state index is 13.4. The minimum absolute atomic E-state index is 0.0269. The monoisotopic (exact) mass is 409 g/mol. The summed E-state index contributed by atoms with van der Waals surface area (Å²) in [5.41, 5.74) is 2.72. The second-order valence-electron chi connectivity index (χ2n) is 6.76. The predicted octanol–water partition coefficient (Wildman–Crippen LogP) is 5.47. The van der Waals surface area contributed by atoms with Crippen molar-refractivity contribution in [2.24, 2.45) is 0 Å². The van der Waals surface area contributed by atoms with E-state index < -0.39 is 11.7 Å². The Kier molecular flexibility index (Phi) is 5.22. The Labute approximate surface area is 171 Å². The summed E-state index contributed by atoms with van der Waals surface area (Å²) in [6.07, 6.45) is -2.96. The highest BCUT2D eigenvalue weighted by Crippen LogP contribution is 2.37.